The van der Waals surface area contributed by atoms with Gasteiger partial charge in [0.15, 0.2) is 17.2 Å². The van der Waals surface area contributed by atoms with Crippen molar-refractivity contribution in [1.29, 1.82) is 0 Å². The zero-order chi connectivity index (χ0) is 20.4. The Hall–Kier alpha value is -3.35. The van der Waals surface area contributed by atoms with Gasteiger partial charge < -0.3 is 14.8 Å². The SMILES string of the molecule is Cc1ccc(-n2nnc(C(=O)Nc3ccc4c(c3)OCCCO4)c2C(C)C)cc1. The molecular formula is C22H24N4O3. The van der Waals surface area contributed by atoms with E-state index in [1.54, 1.807) is 16.8 Å². The zero-order valence-corrected chi connectivity index (χ0v) is 16.8. The van der Waals surface area contributed by atoms with Gasteiger partial charge in [-0.05, 0) is 37.1 Å². The molecule has 0 radical (unpaired) electrons. The maximum absolute atomic E-state index is 13.0. The van der Waals surface area contributed by atoms with Gasteiger partial charge >= 0.3 is 0 Å². The number of nitrogens with one attached hydrogen (secondary N) is 1. The molecule has 0 saturated heterocycles. The Labute approximate surface area is 169 Å². The van der Waals surface area contributed by atoms with Gasteiger partial charge in [-0.25, -0.2) is 4.68 Å². The molecule has 1 amide bonds. The molecule has 2 heterocycles. The summed E-state index contributed by atoms with van der Waals surface area (Å²) in [5.41, 5.74) is 3.74. The van der Waals surface area contributed by atoms with E-state index in [-0.39, 0.29) is 11.8 Å². The average Bonchev–Trinajstić information content (AvgIpc) is 3.02. The smallest absolute Gasteiger partial charge is 0.278 e. The maximum atomic E-state index is 13.0. The van der Waals surface area contributed by atoms with Gasteiger partial charge in [-0.2, -0.15) is 0 Å². The van der Waals surface area contributed by atoms with E-state index in [1.165, 1.54) is 0 Å². The predicted octanol–water partition coefficient (Wildman–Crippen LogP) is 4.11. The van der Waals surface area contributed by atoms with E-state index in [0.29, 0.717) is 36.1 Å². The molecule has 2 aromatic carbocycles. The monoisotopic (exact) mass is 392 g/mol. The molecule has 0 bridgehead atoms. The van der Waals surface area contributed by atoms with Gasteiger partial charge in [-0.15, -0.1) is 5.10 Å². The largest absolute Gasteiger partial charge is 0.490 e. The lowest BCUT2D eigenvalue weighted by molar-refractivity contribution is 0.102. The molecule has 1 aromatic heterocycles. The summed E-state index contributed by atoms with van der Waals surface area (Å²) in [6.45, 7) is 7.29. The molecule has 0 spiro atoms. The van der Waals surface area contributed by atoms with Crippen LogP contribution in [0.4, 0.5) is 5.69 Å². The van der Waals surface area contributed by atoms with Crippen molar-refractivity contribution in [2.24, 2.45) is 0 Å². The number of aryl methyl sites for hydroxylation is 1. The van der Waals surface area contributed by atoms with E-state index in [9.17, 15) is 4.79 Å². The molecule has 7 heteroatoms. The minimum Gasteiger partial charge on any atom is -0.490 e. The Morgan fingerprint density at radius 1 is 1.07 bits per heavy atom. The van der Waals surface area contributed by atoms with E-state index in [4.69, 9.17) is 9.47 Å². The molecule has 1 aliphatic heterocycles. The van der Waals surface area contributed by atoms with Gasteiger partial charge in [0.25, 0.3) is 5.91 Å². The number of anilines is 1. The second-order valence-corrected chi connectivity index (χ2v) is 7.39. The fourth-order valence-corrected chi connectivity index (χ4v) is 3.28. The predicted molar refractivity (Wildman–Crippen MR) is 110 cm³/mol. The first-order valence-electron chi connectivity index (χ1n) is 9.76. The van der Waals surface area contributed by atoms with Crippen molar-refractivity contribution in [3.63, 3.8) is 0 Å². The highest BCUT2D eigenvalue weighted by atomic mass is 16.5. The maximum Gasteiger partial charge on any atom is 0.278 e. The molecule has 0 aliphatic carbocycles. The third-order valence-corrected chi connectivity index (χ3v) is 4.75. The minimum absolute atomic E-state index is 0.0656. The molecule has 0 unspecified atom stereocenters. The van der Waals surface area contributed by atoms with Gasteiger partial charge in [0, 0.05) is 18.2 Å². The van der Waals surface area contributed by atoms with E-state index in [0.717, 1.165) is 23.4 Å². The number of carbonyl (C=O) groups is 1. The Kier molecular flexibility index (Phi) is 5.20. The van der Waals surface area contributed by atoms with Gasteiger partial charge in [0.05, 0.1) is 24.6 Å². The lowest BCUT2D eigenvalue weighted by Crippen LogP contribution is -2.16. The summed E-state index contributed by atoms with van der Waals surface area (Å²) in [5, 5.41) is 11.3. The average molecular weight is 392 g/mol. The molecule has 7 nitrogen and oxygen atoms in total. The van der Waals surface area contributed by atoms with Crippen molar-refractivity contribution in [3.8, 4) is 17.2 Å². The molecule has 3 aromatic rings. The van der Waals surface area contributed by atoms with Crippen LogP contribution in [0.15, 0.2) is 42.5 Å². The fourth-order valence-electron chi connectivity index (χ4n) is 3.28. The van der Waals surface area contributed by atoms with Crippen LogP contribution in [0.2, 0.25) is 0 Å². The molecule has 29 heavy (non-hydrogen) atoms. The summed E-state index contributed by atoms with van der Waals surface area (Å²) in [6, 6.07) is 13.4. The van der Waals surface area contributed by atoms with Crippen LogP contribution in [-0.2, 0) is 0 Å². The molecule has 0 fully saturated rings. The van der Waals surface area contributed by atoms with Crippen molar-refractivity contribution in [2.45, 2.75) is 33.1 Å². The summed E-state index contributed by atoms with van der Waals surface area (Å²) in [7, 11) is 0. The summed E-state index contributed by atoms with van der Waals surface area (Å²) in [4.78, 5) is 13.0. The fraction of sp³-hybridized carbons (Fsp3) is 0.318. The van der Waals surface area contributed by atoms with Gasteiger partial charge in [-0.1, -0.05) is 36.8 Å². The number of hydrogen-bond acceptors (Lipinski definition) is 5. The quantitative estimate of drug-likeness (QED) is 0.723. The number of aromatic nitrogens is 3. The van der Waals surface area contributed by atoms with Gasteiger partial charge in [0.2, 0.25) is 0 Å². The van der Waals surface area contributed by atoms with Crippen LogP contribution in [-0.4, -0.2) is 34.1 Å². The van der Waals surface area contributed by atoms with Crippen LogP contribution >= 0.6 is 0 Å². The highest BCUT2D eigenvalue weighted by Crippen LogP contribution is 2.32. The highest BCUT2D eigenvalue weighted by Gasteiger charge is 2.23. The number of carbonyl (C=O) groups excluding carboxylic acids is 1. The first-order chi connectivity index (χ1) is 14.0. The number of ether oxygens (including phenoxy) is 2. The normalized spacial score (nSPS) is 13.2. The Morgan fingerprint density at radius 2 is 1.79 bits per heavy atom. The molecule has 4 rings (SSSR count). The molecule has 150 valence electrons. The van der Waals surface area contributed by atoms with Gasteiger partial charge in [-0.3, -0.25) is 4.79 Å². The van der Waals surface area contributed by atoms with Crippen LogP contribution in [0.25, 0.3) is 5.69 Å². The minimum atomic E-state index is -0.304. The van der Waals surface area contributed by atoms with Crippen LogP contribution in [0.3, 0.4) is 0 Å². The summed E-state index contributed by atoms with van der Waals surface area (Å²) >= 11 is 0. The van der Waals surface area contributed by atoms with E-state index in [1.807, 2.05) is 51.1 Å². The highest BCUT2D eigenvalue weighted by molar-refractivity contribution is 6.03. The third kappa shape index (κ3) is 3.94. The van der Waals surface area contributed by atoms with Gasteiger partial charge in [0.1, 0.15) is 0 Å². The van der Waals surface area contributed by atoms with Crippen molar-refractivity contribution in [2.75, 3.05) is 18.5 Å². The van der Waals surface area contributed by atoms with Crippen LogP contribution in [0, 0.1) is 6.92 Å². The number of nitrogens with zero attached hydrogens (tertiary/aromatic N) is 3. The Balaban J connectivity index is 1.62. The summed E-state index contributed by atoms with van der Waals surface area (Å²) in [5.74, 6) is 1.08. The van der Waals surface area contributed by atoms with Crippen LogP contribution < -0.4 is 14.8 Å². The number of fused-ring (bicyclic) bond motifs is 1. The second-order valence-electron chi connectivity index (χ2n) is 7.39. The lowest BCUT2D eigenvalue weighted by Gasteiger charge is -2.12. The number of benzene rings is 2. The zero-order valence-electron chi connectivity index (χ0n) is 16.8. The molecule has 1 N–H and O–H groups in total. The number of hydrogen-bond donors (Lipinski definition) is 1. The van der Waals surface area contributed by atoms with E-state index in [2.05, 4.69) is 15.6 Å². The molecular weight excluding hydrogens is 368 g/mol. The van der Waals surface area contributed by atoms with Crippen molar-refractivity contribution >= 4 is 11.6 Å². The first kappa shape index (κ1) is 19.0. The van der Waals surface area contributed by atoms with E-state index >= 15 is 0 Å². The summed E-state index contributed by atoms with van der Waals surface area (Å²) < 4.78 is 13.1. The third-order valence-electron chi connectivity index (χ3n) is 4.75. The Morgan fingerprint density at radius 3 is 2.52 bits per heavy atom. The van der Waals surface area contributed by atoms with Crippen molar-refractivity contribution < 1.29 is 14.3 Å². The van der Waals surface area contributed by atoms with Crippen molar-refractivity contribution in [1.82, 2.24) is 15.0 Å². The lowest BCUT2D eigenvalue weighted by atomic mass is 10.1. The van der Waals surface area contributed by atoms with Crippen LogP contribution in [0.1, 0.15) is 47.9 Å². The Bertz CT molecular complexity index is 1030. The van der Waals surface area contributed by atoms with E-state index < -0.39 is 0 Å². The molecule has 0 atom stereocenters. The topological polar surface area (TPSA) is 78.3 Å². The second kappa shape index (κ2) is 7.95. The molecule has 1 aliphatic rings. The number of rotatable bonds is 4. The van der Waals surface area contributed by atoms with Crippen molar-refractivity contribution in [3.05, 3.63) is 59.4 Å². The first-order valence-corrected chi connectivity index (χ1v) is 9.76. The number of amides is 1. The standard InChI is InChI=1S/C22H24N4O3/c1-14(2)21-20(24-25-26(21)17-8-5-15(3)6-9-17)22(27)23-16-7-10-18-19(13-16)29-12-4-11-28-18/h5-10,13-14H,4,11-12H2,1-3H3,(H,23,27). The molecule has 0 saturated carbocycles. The van der Waals surface area contributed by atoms with Crippen LogP contribution in [0.5, 0.6) is 11.5 Å². The summed E-state index contributed by atoms with van der Waals surface area (Å²) in [6.07, 6.45) is 0.830.